The number of nitrogens with zero attached hydrogens (tertiary/aromatic N) is 4. The molecule has 27 heavy (non-hydrogen) atoms. The van der Waals surface area contributed by atoms with Gasteiger partial charge in [0.05, 0.1) is 16.4 Å². The summed E-state index contributed by atoms with van der Waals surface area (Å²) in [4.78, 5) is 22.3. The Kier molecular flexibility index (Phi) is 6.04. The highest BCUT2D eigenvalue weighted by Crippen LogP contribution is 2.32. The average molecular weight is 393 g/mol. The summed E-state index contributed by atoms with van der Waals surface area (Å²) in [7, 11) is 0. The largest absolute Gasteiger partial charge is 0.323 e. The maximum atomic E-state index is 13.8. The van der Waals surface area contributed by atoms with Crippen LogP contribution in [-0.2, 0) is 4.79 Å². The smallest absolute Gasteiger partial charge is 0.271 e. The quantitative estimate of drug-likeness (QED) is 0.454. The van der Waals surface area contributed by atoms with Crippen LogP contribution in [0.4, 0.5) is 15.8 Å². The lowest BCUT2D eigenvalue weighted by molar-refractivity contribution is -0.384. The fraction of sp³-hybridized carbons (Fsp3) is 0.471. The molecule has 1 heterocycles. The zero-order chi connectivity index (χ0) is 19.4. The molecule has 0 atom stereocenters. The van der Waals surface area contributed by atoms with E-state index in [0.717, 1.165) is 36.9 Å². The summed E-state index contributed by atoms with van der Waals surface area (Å²) in [5.74, 6) is -0.363. The minimum Gasteiger partial charge on any atom is -0.323 e. The first-order chi connectivity index (χ1) is 13.0. The van der Waals surface area contributed by atoms with E-state index in [1.54, 1.807) is 0 Å². The van der Waals surface area contributed by atoms with E-state index < -0.39 is 16.6 Å². The lowest BCUT2D eigenvalue weighted by Gasteiger charge is -2.24. The number of nitro groups is 1. The van der Waals surface area contributed by atoms with E-state index in [-0.39, 0.29) is 17.1 Å². The Hall–Kier alpha value is -2.49. The van der Waals surface area contributed by atoms with Crippen LogP contribution in [-0.4, -0.2) is 31.3 Å². The molecule has 0 bridgehead atoms. The zero-order valence-corrected chi connectivity index (χ0v) is 15.7. The Morgan fingerprint density at radius 1 is 1.37 bits per heavy atom. The predicted octanol–water partition coefficient (Wildman–Crippen LogP) is 3.87. The number of halogens is 1. The third-order valence-corrected chi connectivity index (χ3v) is 5.49. The van der Waals surface area contributed by atoms with Crippen molar-refractivity contribution in [3.8, 4) is 0 Å². The van der Waals surface area contributed by atoms with E-state index in [1.807, 2.05) is 6.92 Å². The first-order valence-corrected chi connectivity index (χ1v) is 9.72. The highest BCUT2D eigenvalue weighted by atomic mass is 32.2. The number of aromatic nitrogens is 3. The number of benzene rings is 1. The molecule has 1 aromatic heterocycles. The van der Waals surface area contributed by atoms with Gasteiger partial charge in [0, 0.05) is 18.2 Å². The zero-order valence-electron chi connectivity index (χ0n) is 14.9. The fourth-order valence-electron chi connectivity index (χ4n) is 3.25. The molecule has 0 saturated heterocycles. The van der Waals surface area contributed by atoms with Gasteiger partial charge >= 0.3 is 0 Å². The summed E-state index contributed by atoms with van der Waals surface area (Å²) < 4.78 is 15.9. The van der Waals surface area contributed by atoms with Gasteiger partial charge in [0.1, 0.15) is 11.6 Å². The van der Waals surface area contributed by atoms with Gasteiger partial charge in [-0.15, -0.1) is 10.2 Å². The van der Waals surface area contributed by atoms with Crippen LogP contribution in [0.5, 0.6) is 0 Å². The number of carbonyl (C=O) groups is 1. The maximum Gasteiger partial charge on any atom is 0.271 e. The van der Waals surface area contributed by atoms with Gasteiger partial charge in [0.2, 0.25) is 5.91 Å². The topological polar surface area (TPSA) is 103 Å². The van der Waals surface area contributed by atoms with Crippen molar-refractivity contribution in [2.24, 2.45) is 0 Å². The van der Waals surface area contributed by atoms with Gasteiger partial charge in [-0.05, 0) is 25.8 Å². The molecule has 0 unspecified atom stereocenters. The van der Waals surface area contributed by atoms with Gasteiger partial charge in [0.15, 0.2) is 5.16 Å². The van der Waals surface area contributed by atoms with Crippen molar-refractivity contribution in [1.29, 1.82) is 0 Å². The Bertz CT molecular complexity index is 851. The second kappa shape index (κ2) is 8.47. The second-order valence-electron chi connectivity index (χ2n) is 6.45. The number of carbonyl (C=O) groups excluding carboxylic acids is 1. The van der Waals surface area contributed by atoms with Gasteiger partial charge < -0.3 is 9.88 Å². The molecule has 1 amide bonds. The standard InChI is InChI=1S/C17H20FN5O3S/c1-11-20-21-17(22(11)12-5-3-2-4-6-12)27-10-16(24)19-15-9-13(23(25)26)7-8-14(15)18/h7-9,12H,2-6,10H2,1H3,(H,19,24). The summed E-state index contributed by atoms with van der Waals surface area (Å²) in [5.41, 5.74) is -0.494. The van der Waals surface area contributed by atoms with Gasteiger partial charge in [-0.25, -0.2) is 4.39 Å². The summed E-state index contributed by atoms with van der Waals surface area (Å²) >= 11 is 1.23. The highest BCUT2D eigenvalue weighted by Gasteiger charge is 2.22. The van der Waals surface area contributed by atoms with Crippen LogP contribution in [0.15, 0.2) is 23.4 Å². The van der Waals surface area contributed by atoms with Crippen LogP contribution >= 0.6 is 11.8 Å². The summed E-state index contributed by atoms with van der Waals surface area (Å²) in [6.45, 7) is 1.89. The number of amides is 1. The lowest BCUT2D eigenvalue weighted by Crippen LogP contribution is -2.18. The first-order valence-electron chi connectivity index (χ1n) is 8.74. The molecule has 3 rings (SSSR count). The summed E-state index contributed by atoms with van der Waals surface area (Å²) in [6.07, 6.45) is 5.70. The molecule has 1 fully saturated rings. The van der Waals surface area contributed by atoms with Crippen molar-refractivity contribution in [1.82, 2.24) is 14.8 Å². The number of thioether (sulfide) groups is 1. The molecule has 0 aliphatic heterocycles. The summed E-state index contributed by atoms with van der Waals surface area (Å²) in [6, 6.07) is 3.36. The first kappa shape index (κ1) is 19.3. The molecule has 2 aromatic rings. The minimum absolute atomic E-state index is 0.00693. The molecule has 8 nitrogen and oxygen atoms in total. The van der Waals surface area contributed by atoms with Gasteiger partial charge in [-0.3, -0.25) is 14.9 Å². The van der Waals surface area contributed by atoms with Crippen LogP contribution in [0.25, 0.3) is 0 Å². The fourth-order valence-corrected chi connectivity index (χ4v) is 4.10. The molecule has 0 radical (unpaired) electrons. The number of nitrogens with one attached hydrogen (secondary N) is 1. The third kappa shape index (κ3) is 4.62. The number of nitro benzene ring substituents is 1. The molecule has 1 saturated carbocycles. The predicted molar refractivity (Wildman–Crippen MR) is 99.3 cm³/mol. The van der Waals surface area contributed by atoms with Crippen molar-refractivity contribution in [2.45, 2.75) is 50.2 Å². The molecule has 0 spiro atoms. The van der Waals surface area contributed by atoms with Crippen LogP contribution in [0.2, 0.25) is 0 Å². The number of hydrogen-bond donors (Lipinski definition) is 1. The average Bonchev–Trinajstić information content (AvgIpc) is 3.03. The molecule has 1 N–H and O–H groups in total. The van der Waals surface area contributed by atoms with E-state index in [1.165, 1.54) is 31.0 Å². The van der Waals surface area contributed by atoms with E-state index in [0.29, 0.717) is 11.2 Å². The van der Waals surface area contributed by atoms with Gasteiger partial charge in [-0.2, -0.15) is 0 Å². The molecular weight excluding hydrogens is 373 g/mol. The lowest BCUT2D eigenvalue weighted by atomic mass is 9.95. The number of aryl methyl sites for hydroxylation is 1. The number of hydrogen-bond acceptors (Lipinski definition) is 6. The van der Waals surface area contributed by atoms with E-state index in [4.69, 9.17) is 0 Å². The highest BCUT2D eigenvalue weighted by molar-refractivity contribution is 7.99. The van der Waals surface area contributed by atoms with E-state index in [9.17, 15) is 19.3 Å². The normalized spacial score (nSPS) is 14.9. The van der Waals surface area contributed by atoms with Gasteiger partial charge in [-0.1, -0.05) is 31.0 Å². The second-order valence-corrected chi connectivity index (χ2v) is 7.39. The van der Waals surface area contributed by atoms with Crippen LogP contribution in [0, 0.1) is 22.9 Å². The van der Waals surface area contributed by atoms with Crippen molar-refractivity contribution in [2.75, 3.05) is 11.1 Å². The number of non-ortho nitro benzene ring substituents is 1. The number of anilines is 1. The molecule has 144 valence electrons. The molecular formula is C17H20FN5O3S. The third-order valence-electron chi connectivity index (χ3n) is 4.54. The van der Waals surface area contributed by atoms with Crippen molar-refractivity contribution >= 4 is 29.0 Å². The maximum absolute atomic E-state index is 13.8. The Balaban J connectivity index is 1.65. The molecule has 1 aliphatic carbocycles. The molecule has 10 heteroatoms. The van der Waals surface area contributed by atoms with Crippen molar-refractivity contribution in [3.63, 3.8) is 0 Å². The summed E-state index contributed by atoms with van der Waals surface area (Å²) in [5, 5.41) is 22.1. The number of rotatable bonds is 6. The van der Waals surface area contributed by atoms with Crippen molar-refractivity contribution in [3.05, 3.63) is 40.0 Å². The molecule has 1 aromatic carbocycles. The van der Waals surface area contributed by atoms with Crippen LogP contribution in [0.3, 0.4) is 0 Å². The van der Waals surface area contributed by atoms with Crippen molar-refractivity contribution < 1.29 is 14.1 Å². The SMILES string of the molecule is Cc1nnc(SCC(=O)Nc2cc([N+](=O)[O-])ccc2F)n1C1CCCCC1. The minimum atomic E-state index is -0.722. The Morgan fingerprint density at radius 2 is 2.11 bits per heavy atom. The Morgan fingerprint density at radius 3 is 2.81 bits per heavy atom. The van der Waals surface area contributed by atoms with Crippen LogP contribution in [0.1, 0.15) is 44.0 Å². The van der Waals surface area contributed by atoms with Crippen LogP contribution < -0.4 is 5.32 Å². The monoisotopic (exact) mass is 393 g/mol. The molecule has 1 aliphatic rings. The Labute approximate surface area is 159 Å². The van der Waals surface area contributed by atoms with E-state index >= 15 is 0 Å². The van der Waals surface area contributed by atoms with Gasteiger partial charge in [0.25, 0.3) is 5.69 Å². The van der Waals surface area contributed by atoms with E-state index in [2.05, 4.69) is 20.1 Å².